The molecule has 0 aliphatic heterocycles. The Hall–Kier alpha value is -1.20. The van der Waals surface area contributed by atoms with Gasteiger partial charge >= 0.3 is 0 Å². The van der Waals surface area contributed by atoms with Gasteiger partial charge in [-0.15, -0.1) is 0 Å². The third kappa shape index (κ3) is 5.06. The number of halogens is 1. The molecule has 5 heteroatoms. The van der Waals surface area contributed by atoms with Crippen LogP contribution in [0.1, 0.15) is 43.0 Å². The first-order chi connectivity index (χ1) is 9.78. The monoisotopic (exact) mass is 337 g/mol. The molecular weight excluding hydrogens is 318 g/mol. The van der Waals surface area contributed by atoms with E-state index >= 15 is 0 Å². The van der Waals surface area contributed by atoms with E-state index in [0.717, 1.165) is 42.0 Å². The molecule has 0 amide bonds. The molecule has 0 spiro atoms. The number of nitrogens with two attached hydrogens (primary N) is 1. The summed E-state index contributed by atoms with van der Waals surface area (Å²) in [6.07, 6.45) is 6.08. The van der Waals surface area contributed by atoms with Crippen molar-refractivity contribution in [2.45, 2.75) is 38.5 Å². The average molecular weight is 338 g/mol. The van der Waals surface area contributed by atoms with Gasteiger partial charge in [-0.2, -0.15) is 4.98 Å². The molecule has 0 aliphatic rings. The standard InChI is InChI=1S/C15H20BrN3O/c16-13-7-5-6-12(10-13)11-14-18-15(20-19-14)8-3-1-2-4-9-17/h5-7,10H,1-4,8-9,11,17H2. The van der Waals surface area contributed by atoms with Crippen LogP contribution in [0.4, 0.5) is 0 Å². The summed E-state index contributed by atoms with van der Waals surface area (Å²) >= 11 is 3.46. The van der Waals surface area contributed by atoms with E-state index in [1.165, 1.54) is 18.4 Å². The highest BCUT2D eigenvalue weighted by Gasteiger charge is 2.07. The Labute approximate surface area is 127 Å². The summed E-state index contributed by atoms with van der Waals surface area (Å²) in [6.45, 7) is 0.775. The smallest absolute Gasteiger partial charge is 0.226 e. The van der Waals surface area contributed by atoms with Gasteiger partial charge in [-0.1, -0.05) is 46.1 Å². The largest absolute Gasteiger partial charge is 0.339 e. The number of nitrogens with zero attached hydrogens (tertiary/aromatic N) is 2. The van der Waals surface area contributed by atoms with Gasteiger partial charge in [0, 0.05) is 17.3 Å². The number of hydrogen-bond donors (Lipinski definition) is 1. The minimum absolute atomic E-state index is 0.704. The number of aryl methyl sites for hydroxylation is 1. The Morgan fingerprint density at radius 2 is 2.00 bits per heavy atom. The van der Waals surface area contributed by atoms with Gasteiger partial charge in [0.25, 0.3) is 0 Å². The molecule has 1 heterocycles. The lowest BCUT2D eigenvalue weighted by molar-refractivity contribution is 0.369. The Kier molecular flexibility index (Phi) is 6.21. The second kappa shape index (κ2) is 8.17. The van der Waals surface area contributed by atoms with Crippen molar-refractivity contribution in [3.8, 4) is 0 Å². The van der Waals surface area contributed by atoms with E-state index in [-0.39, 0.29) is 0 Å². The molecule has 0 bridgehead atoms. The normalized spacial score (nSPS) is 10.9. The van der Waals surface area contributed by atoms with Crippen LogP contribution in [0.5, 0.6) is 0 Å². The summed E-state index contributed by atoms with van der Waals surface area (Å²) in [7, 11) is 0. The fraction of sp³-hybridized carbons (Fsp3) is 0.467. The molecule has 2 rings (SSSR count). The van der Waals surface area contributed by atoms with Crippen molar-refractivity contribution in [3.05, 3.63) is 46.0 Å². The summed E-state index contributed by atoms with van der Waals surface area (Å²) < 4.78 is 6.34. The molecule has 0 atom stereocenters. The number of benzene rings is 1. The van der Waals surface area contributed by atoms with E-state index in [9.17, 15) is 0 Å². The van der Waals surface area contributed by atoms with Crippen molar-refractivity contribution < 1.29 is 4.52 Å². The zero-order valence-corrected chi connectivity index (χ0v) is 13.1. The Balaban J connectivity index is 1.80. The van der Waals surface area contributed by atoms with Crippen LogP contribution in [-0.2, 0) is 12.8 Å². The zero-order chi connectivity index (χ0) is 14.2. The average Bonchev–Trinajstić information content (AvgIpc) is 2.86. The van der Waals surface area contributed by atoms with Crippen LogP contribution in [0.3, 0.4) is 0 Å². The van der Waals surface area contributed by atoms with Crippen LogP contribution < -0.4 is 5.73 Å². The van der Waals surface area contributed by atoms with E-state index in [0.29, 0.717) is 6.42 Å². The van der Waals surface area contributed by atoms with Crippen LogP contribution in [0.15, 0.2) is 33.3 Å². The van der Waals surface area contributed by atoms with Gasteiger partial charge in [0.2, 0.25) is 5.89 Å². The van der Waals surface area contributed by atoms with E-state index in [1.807, 2.05) is 12.1 Å². The van der Waals surface area contributed by atoms with E-state index in [4.69, 9.17) is 10.3 Å². The van der Waals surface area contributed by atoms with Gasteiger partial charge < -0.3 is 10.3 Å². The Bertz CT molecular complexity index is 527. The first-order valence-corrected chi connectivity index (χ1v) is 7.83. The summed E-state index contributed by atoms with van der Waals surface area (Å²) in [5.41, 5.74) is 6.64. The van der Waals surface area contributed by atoms with Crippen molar-refractivity contribution in [1.82, 2.24) is 10.1 Å². The summed E-state index contributed by atoms with van der Waals surface area (Å²) in [4.78, 5) is 4.44. The highest BCUT2D eigenvalue weighted by atomic mass is 79.9. The molecule has 0 fully saturated rings. The van der Waals surface area contributed by atoms with Gasteiger partial charge in [0.15, 0.2) is 5.82 Å². The first-order valence-electron chi connectivity index (χ1n) is 7.04. The molecule has 0 aliphatic carbocycles. The van der Waals surface area contributed by atoms with Crippen LogP contribution in [0.25, 0.3) is 0 Å². The van der Waals surface area contributed by atoms with E-state index in [2.05, 4.69) is 38.2 Å². The summed E-state index contributed by atoms with van der Waals surface area (Å²) in [6, 6.07) is 8.15. The van der Waals surface area contributed by atoms with Crippen LogP contribution in [-0.4, -0.2) is 16.7 Å². The molecule has 1 aromatic carbocycles. The van der Waals surface area contributed by atoms with Crippen LogP contribution in [0, 0.1) is 0 Å². The van der Waals surface area contributed by atoms with Crippen molar-refractivity contribution >= 4 is 15.9 Å². The van der Waals surface area contributed by atoms with Gasteiger partial charge in [-0.05, 0) is 37.1 Å². The lowest BCUT2D eigenvalue weighted by Gasteiger charge is -1.97. The topological polar surface area (TPSA) is 64.9 Å². The van der Waals surface area contributed by atoms with Crippen molar-refractivity contribution in [2.75, 3.05) is 6.54 Å². The minimum Gasteiger partial charge on any atom is -0.339 e. The van der Waals surface area contributed by atoms with Crippen LogP contribution >= 0.6 is 15.9 Å². The second-order valence-electron chi connectivity index (χ2n) is 4.86. The zero-order valence-electron chi connectivity index (χ0n) is 11.5. The lowest BCUT2D eigenvalue weighted by atomic mass is 10.1. The maximum atomic E-state index is 5.46. The predicted molar refractivity (Wildman–Crippen MR) is 82.5 cm³/mol. The number of rotatable bonds is 8. The second-order valence-corrected chi connectivity index (χ2v) is 5.78. The highest BCUT2D eigenvalue weighted by Crippen LogP contribution is 2.14. The quantitative estimate of drug-likeness (QED) is 0.749. The molecule has 0 radical (unpaired) electrons. The number of aromatic nitrogens is 2. The maximum Gasteiger partial charge on any atom is 0.226 e. The number of hydrogen-bond acceptors (Lipinski definition) is 4. The SMILES string of the molecule is NCCCCCCc1nc(Cc2cccc(Br)c2)no1. The van der Waals surface area contributed by atoms with E-state index < -0.39 is 0 Å². The van der Waals surface area contributed by atoms with Crippen molar-refractivity contribution in [1.29, 1.82) is 0 Å². The van der Waals surface area contributed by atoms with E-state index in [1.54, 1.807) is 0 Å². The molecule has 108 valence electrons. The molecule has 0 unspecified atom stereocenters. The third-order valence-electron chi connectivity index (χ3n) is 3.11. The van der Waals surface area contributed by atoms with Gasteiger partial charge in [0.1, 0.15) is 0 Å². The third-order valence-corrected chi connectivity index (χ3v) is 3.60. The molecule has 2 aromatic rings. The minimum atomic E-state index is 0.704. The molecule has 2 N–H and O–H groups in total. The lowest BCUT2D eigenvalue weighted by Crippen LogP contribution is -1.98. The molecule has 0 saturated carbocycles. The predicted octanol–water partition coefficient (Wildman–Crippen LogP) is 3.48. The molecule has 4 nitrogen and oxygen atoms in total. The molecular formula is C15H20BrN3O. The van der Waals surface area contributed by atoms with Crippen molar-refractivity contribution in [3.63, 3.8) is 0 Å². The Morgan fingerprint density at radius 3 is 2.80 bits per heavy atom. The number of unbranched alkanes of at least 4 members (excludes halogenated alkanes) is 3. The highest BCUT2D eigenvalue weighted by molar-refractivity contribution is 9.10. The Morgan fingerprint density at radius 1 is 1.15 bits per heavy atom. The fourth-order valence-electron chi connectivity index (χ4n) is 2.07. The molecule has 20 heavy (non-hydrogen) atoms. The van der Waals surface area contributed by atoms with Gasteiger partial charge in [-0.3, -0.25) is 0 Å². The van der Waals surface area contributed by atoms with Crippen molar-refractivity contribution in [2.24, 2.45) is 5.73 Å². The first kappa shape index (κ1) is 15.2. The summed E-state index contributed by atoms with van der Waals surface area (Å²) in [5.74, 6) is 1.49. The fourth-order valence-corrected chi connectivity index (χ4v) is 2.51. The summed E-state index contributed by atoms with van der Waals surface area (Å²) in [5, 5.41) is 4.03. The van der Waals surface area contributed by atoms with Gasteiger partial charge in [0.05, 0.1) is 0 Å². The maximum absolute atomic E-state index is 5.46. The van der Waals surface area contributed by atoms with Gasteiger partial charge in [-0.25, -0.2) is 0 Å². The molecule has 0 saturated heterocycles. The van der Waals surface area contributed by atoms with Crippen LogP contribution in [0.2, 0.25) is 0 Å². The molecule has 1 aromatic heterocycles.